The second kappa shape index (κ2) is 7.60. The van der Waals surface area contributed by atoms with Gasteiger partial charge in [0.1, 0.15) is 23.5 Å². The molecule has 1 amide bonds. The zero-order valence-corrected chi connectivity index (χ0v) is 18.3. The van der Waals surface area contributed by atoms with E-state index in [1.54, 1.807) is 6.07 Å². The fourth-order valence-electron chi connectivity index (χ4n) is 3.06. The Bertz CT molecular complexity index is 1320. The zero-order chi connectivity index (χ0) is 21.5. The predicted octanol–water partition coefficient (Wildman–Crippen LogP) is 5.12. The van der Waals surface area contributed by atoms with E-state index < -0.39 is 6.09 Å². The molecule has 0 saturated carbocycles. The highest BCUT2D eigenvalue weighted by Gasteiger charge is 2.16. The Balaban J connectivity index is 1.66. The van der Waals surface area contributed by atoms with Crippen molar-refractivity contribution in [3.05, 3.63) is 62.9 Å². The van der Waals surface area contributed by atoms with Crippen LogP contribution in [0.4, 0.5) is 4.79 Å². The fraction of sp³-hybridized carbons (Fsp3) is 0.227. The number of ether oxygens (including phenoxy) is 1. The van der Waals surface area contributed by atoms with Crippen LogP contribution in [0, 0.1) is 0 Å². The lowest BCUT2D eigenvalue weighted by Crippen LogP contribution is -2.40. The Labute approximate surface area is 180 Å². The summed E-state index contributed by atoms with van der Waals surface area (Å²) >= 11 is 3.44. The number of nitrogens with zero attached hydrogens (tertiary/aromatic N) is 1. The molecule has 7 nitrogen and oxygen atoms in total. The number of fused-ring (bicyclic) bond motifs is 3. The Kier molecular flexibility index (Phi) is 5.11. The van der Waals surface area contributed by atoms with Gasteiger partial charge < -0.3 is 19.5 Å². The number of H-pyrrole nitrogens is 1. The summed E-state index contributed by atoms with van der Waals surface area (Å²) in [7, 11) is 0. The highest BCUT2D eigenvalue weighted by Crippen LogP contribution is 2.29. The topological polar surface area (TPSA) is 97.2 Å². The normalized spacial score (nSPS) is 11.7. The van der Waals surface area contributed by atoms with Gasteiger partial charge in [0.15, 0.2) is 0 Å². The van der Waals surface area contributed by atoms with Crippen molar-refractivity contribution in [3.63, 3.8) is 0 Å². The minimum atomic E-state index is -0.490. The molecule has 0 atom stereocenters. The largest absolute Gasteiger partial charge is 0.449 e. The van der Waals surface area contributed by atoms with E-state index >= 15 is 0 Å². The van der Waals surface area contributed by atoms with Gasteiger partial charge in [-0.1, -0.05) is 34.1 Å². The maximum Gasteiger partial charge on any atom is 0.407 e. The summed E-state index contributed by atoms with van der Waals surface area (Å²) in [5, 5.41) is 3.50. The second-order valence-electron chi connectivity index (χ2n) is 7.99. The van der Waals surface area contributed by atoms with Gasteiger partial charge in [0.05, 0.1) is 0 Å². The Morgan fingerprint density at radius 3 is 2.80 bits per heavy atom. The van der Waals surface area contributed by atoms with Gasteiger partial charge in [0.2, 0.25) is 5.58 Å². The highest BCUT2D eigenvalue weighted by atomic mass is 79.9. The van der Waals surface area contributed by atoms with E-state index in [2.05, 4.69) is 31.2 Å². The van der Waals surface area contributed by atoms with Gasteiger partial charge in [-0.25, -0.2) is 9.78 Å². The van der Waals surface area contributed by atoms with Gasteiger partial charge >= 0.3 is 6.09 Å². The molecular weight excluding hydrogens is 450 g/mol. The molecule has 2 heterocycles. The van der Waals surface area contributed by atoms with Crippen molar-refractivity contribution in [2.75, 3.05) is 0 Å². The highest BCUT2D eigenvalue weighted by molar-refractivity contribution is 9.10. The standard InChI is InChI=1S/C22H20BrN3O4/c1-22(2,3)26-21(28)29-11-12-5-4-6-13(9-12)19-24-17-15-10-14(23)7-8-16(15)30-18(17)20(27)25-19/h4-10H,11H2,1-3H3,(H,26,28)(H,24,25,27). The van der Waals surface area contributed by atoms with Crippen LogP contribution in [-0.2, 0) is 11.3 Å². The molecule has 2 N–H and O–H groups in total. The number of aromatic amines is 1. The first-order chi connectivity index (χ1) is 14.2. The zero-order valence-electron chi connectivity index (χ0n) is 16.7. The average Bonchev–Trinajstić information content (AvgIpc) is 3.04. The molecule has 2 aromatic carbocycles. The van der Waals surface area contributed by atoms with E-state index in [0.29, 0.717) is 22.5 Å². The van der Waals surface area contributed by atoms with Crippen molar-refractivity contribution in [1.82, 2.24) is 15.3 Å². The molecule has 4 rings (SSSR count). The lowest BCUT2D eigenvalue weighted by molar-refractivity contribution is 0.131. The van der Waals surface area contributed by atoms with Crippen LogP contribution in [-0.4, -0.2) is 21.6 Å². The summed E-state index contributed by atoms with van der Waals surface area (Å²) in [5.74, 6) is 0.413. The third-order valence-electron chi connectivity index (χ3n) is 4.33. The maximum absolute atomic E-state index is 12.6. The molecule has 0 bridgehead atoms. The van der Waals surface area contributed by atoms with Crippen molar-refractivity contribution in [3.8, 4) is 11.4 Å². The fourth-order valence-corrected chi connectivity index (χ4v) is 3.42. The number of hydrogen-bond acceptors (Lipinski definition) is 5. The van der Waals surface area contributed by atoms with Crippen LogP contribution >= 0.6 is 15.9 Å². The van der Waals surface area contributed by atoms with Crippen LogP contribution in [0.1, 0.15) is 26.3 Å². The first-order valence-electron chi connectivity index (χ1n) is 9.36. The number of alkyl carbamates (subject to hydrolysis) is 1. The first-order valence-corrected chi connectivity index (χ1v) is 10.2. The molecule has 4 aromatic rings. The van der Waals surface area contributed by atoms with Crippen LogP contribution in [0.2, 0.25) is 0 Å². The van der Waals surface area contributed by atoms with Crippen molar-refractivity contribution in [2.45, 2.75) is 32.9 Å². The van der Waals surface area contributed by atoms with E-state index in [-0.39, 0.29) is 23.3 Å². The van der Waals surface area contributed by atoms with Gasteiger partial charge in [0.25, 0.3) is 5.56 Å². The molecule has 0 spiro atoms. The molecule has 0 unspecified atom stereocenters. The van der Waals surface area contributed by atoms with E-state index in [9.17, 15) is 9.59 Å². The van der Waals surface area contributed by atoms with Crippen molar-refractivity contribution < 1.29 is 13.9 Å². The van der Waals surface area contributed by atoms with Crippen LogP contribution in [0.5, 0.6) is 0 Å². The molecule has 0 saturated heterocycles. The van der Waals surface area contributed by atoms with Gasteiger partial charge in [-0.05, 0) is 50.6 Å². The molecule has 0 aliphatic heterocycles. The number of amides is 1. The molecule has 0 radical (unpaired) electrons. The van der Waals surface area contributed by atoms with E-state index in [0.717, 1.165) is 15.4 Å². The lowest BCUT2D eigenvalue weighted by Gasteiger charge is -2.20. The number of aromatic nitrogens is 2. The Hall–Kier alpha value is -3.13. The summed E-state index contributed by atoms with van der Waals surface area (Å²) in [5.41, 5.74) is 2.03. The van der Waals surface area contributed by atoms with Crippen LogP contribution < -0.4 is 10.9 Å². The number of carbonyl (C=O) groups is 1. The summed E-state index contributed by atoms with van der Waals surface area (Å²) in [6.07, 6.45) is -0.490. The lowest BCUT2D eigenvalue weighted by atomic mass is 10.1. The molecule has 0 aliphatic carbocycles. The summed E-state index contributed by atoms with van der Waals surface area (Å²) in [6, 6.07) is 12.8. The molecule has 154 valence electrons. The summed E-state index contributed by atoms with van der Waals surface area (Å²) < 4.78 is 11.8. The van der Waals surface area contributed by atoms with Crippen LogP contribution in [0.15, 0.2) is 56.1 Å². The van der Waals surface area contributed by atoms with E-state index in [1.807, 2.05) is 57.2 Å². The van der Waals surface area contributed by atoms with Crippen molar-refractivity contribution in [2.24, 2.45) is 0 Å². The van der Waals surface area contributed by atoms with Gasteiger partial charge in [-0.3, -0.25) is 4.79 Å². The first kappa shape index (κ1) is 20.2. The quantitative estimate of drug-likeness (QED) is 0.433. The number of benzene rings is 2. The van der Waals surface area contributed by atoms with E-state index in [1.165, 1.54) is 0 Å². The number of furan rings is 1. The number of carbonyl (C=O) groups excluding carboxylic acids is 1. The predicted molar refractivity (Wildman–Crippen MR) is 118 cm³/mol. The van der Waals surface area contributed by atoms with E-state index in [4.69, 9.17) is 9.15 Å². The average molecular weight is 470 g/mol. The van der Waals surface area contributed by atoms with Gasteiger partial charge in [-0.15, -0.1) is 0 Å². The number of rotatable bonds is 3. The molecule has 2 aromatic heterocycles. The second-order valence-corrected chi connectivity index (χ2v) is 8.90. The molecule has 8 heteroatoms. The van der Waals surface area contributed by atoms with Crippen molar-refractivity contribution >= 4 is 44.1 Å². The minimum Gasteiger partial charge on any atom is -0.449 e. The van der Waals surface area contributed by atoms with Crippen LogP contribution in [0.25, 0.3) is 33.5 Å². The third-order valence-corrected chi connectivity index (χ3v) is 4.83. The number of nitrogens with one attached hydrogen (secondary N) is 2. The summed E-state index contributed by atoms with van der Waals surface area (Å²) in [4.78, 5) is 31.9. The molecule has 0 aliphatic rings. The van der Waals surface area contributed by atoms with Gasteiger partial charge in [0, 0.05) is 21.0 Å². The summed E-state index contributed by atoms with van der Waals surface area (Å²) in [6.45, 7) is 5.74. The smallest absolute Gasteiger partial charge is 0.407 e. The number of hydrogen-bond donors (Lipinski definition) is 2. The Morgan fingerprint density at radius 1 is 1.23 bits per heavy atom. The monoisotopic (exact) mass is 469 g/mol. The molecular formula is C22H20BrN3O4. The maximum atomic E-state index is 12.6. The van der Waals surface area contributed by atoms with Gasteiger partial charge in [-0.2, -0.15) is 0 Å². The number of halogens is 1. The van der Waals surface area contributed by atoms with Crippen molar-refractivity contribution in [1.29, 1.82) is 0 Å². The van der Waals surface area contributed by atoms with Crippen LogP contribution in [0.3, 0.4) is 0 Å². The third kappa shape index (κ3) is 4.23. The minimum absolute atomic E-state index is 0.101. The SMILES string of the molecule is CC(C)(C)NC(=O)OCc1cccc(-c2nc3c(oc4ccc(Br)cc43)c(=O)[nH]2)c1. The Morgan fingerprint density at radius 2 is 2.03 bits per heavy atom. The molecule has 0 fully saturated rings. The molecule has 30 heavy (non-hydrogen) atoms.